The predicted molar refractivity (Wildman–Crippen MR) is 78.8 cm³/mol. The molecule has 0 aliphatic rings. The van der Waals surface area contributed by atoms with E-state index in [0.717, 1.165) is 28.8 Å². The maximum absolute atomic E-state index is 10.9. The average molecular weight is 262 g/mol. The summed E-state index contributed by atoms with van der Waals surface area (Å²) in [5.41, 5.74) is 3.97. The van der Waals surface area contributed by atoms with Gasteiger partial charge >= 0.3 is 0 Å². The Morgan fingerprint density at radius 1 is 0.950 bits per heavy atom. The van der Waals surface area contributed by atoms with Crippen molar-refractivity contribution in [3.05, 3.63) is 72.4 Å². The lowest BCUT2D eigenvalue weighted by Crippen LogP contribution is -2.00. The summed E-state index contributed by atoms with van der Waals surface area (Å²) in [4.78, 5) is 10.9. The van der Waals surface area contributed by atoms with Crippen molar-refractivity contribution in [1.82, 2.24) is 9.78 Å². The zero-order valence-corrected chi connectivity index (χ0v) is 10.9. The second-order valence-electron chi connectivity index (χ2n) is 4.50. The van der Waals surface area contributed by atoms with E-state index in [1.807, 2.05) is 65.3 Å². The molecule has 0 atom stereocenters. The van der Waals surface area contributed by atoms with Gasteiger partial charge in [0.25, 0.3) is 0 Å². The second kappa shape index (κ2) is 5.53. The van der Waals surface area contributed by atoms with Crippen LogP contribution in [-0.4, -0.2) is 16.1 Å². The lowest BCUT2D eigenvalue weighted by molar-refractivity contribution is -0.107. The Morgan fingerprint density at radius 2 is 1.60 bits per heavy atom. The lowest BCUT2D eigenvalue weighted by Gasteiger charge is -2.09. The van der Waals surface area contributed by atoms with Crippen LogP contribution in [0.3, 0.4) is 0 Å². The van der Waals surface area contributed by atoms with Gasteiger partial charge in [0.2, 0.25) is 0 Å². The quantitative estimate of drug-likeness (QED) is 0.676. The fourth-order valence-electron chi connectivity index (χ4n) is 2.29. The molecule has 0 spiro atoms. The van der Waals surface area contributed by atoms with E-state index in [1.165, 1.54) is 0 Å². The monoisotopic (exact) mass is 262 g/mol. The molecule has 3 heteroatoms. The molecule has 20 heavy (non-hydrogen) atoms. The minimum absolute atomic E-state index is 0.372. The molecule has 0 bridgehead atoms. The van der Waals surface area contributed by atoms with Crippen LogP contribution in [0.25, 0.3) is 16.9 Å². The fraction of sp³-hybridized carbons (Fsp3) is 0.0588. The third-order valence-corrected chi connectivity index (χ3v) is 3.20. The predicted octanol–water partition coefficient (Wildman–Crippen LogP) is 3.28. The first-order chi connectivity index (χ1) is 9.90. The van der Waals surface area contributed by atoms with E-state index < -0.39 is 0 Å². The standard InChI is InChI=1S/C17H14N2O/c20-12-11-15-13-18-19(16-9-5-2-6-10-16)17(15)14-7-3-1-4-8-14/h1-10,12-13H,11H2. The van der Waals surface area contributed by atoms with Gasteiger partial charge in [0.15, 0.2) is 0 Å². The van der Waals surface area contributed by atoms with Crippen LogP contribution in [0.15, 0.2) is 66.9 Å². The number of benzene rings is 2. The first-order valence-corrected chi connectivity index (χ1v) is 6.51. The summed E-state index contributed by atoms with van der Waals surface area (Å²) in [5, 5.41) is 4.44. The Balaban J connectivity index is 2.19. The third-order valence-electron chi connectivity index (χ3n) is 3.20. The molecule has 0 radical (unpaired) electrons. The zero-order chi connectivity index (χ0) is 13.8. The van der Waals surface area contributed by atoms with Crippen LogP contribution < -0.4 is 0 Å². The van der Waals surface area contributed by atoms with Gasteiger partial charge in [0, 0.05) is 17.5 Å². The molecule has 0 aliphatic carbocycles. The van der Waals surface area contributed by atoms with Crippen molar-refractivity contribution >= 4 is 6.29 Å². The van der Waals surface area contributed by atoms with Gasteiger partial charge in [-0.05, 0) is 12.1 Å². The number of nitrogens with zero attached hydrogens (tertiary/aromatic N) is 2. The SMILES string of the molecule is O=CCc1cnn(-c2ccccc2)c1-c1ccccc1. The van der Waals surface area contributed by atoms with Crippen molar-refractivity contribution in [3.63, 3.8) is 0 Å². The molecule has 2 aromatic carbocycles. The molecular formula is C17H14N2O. The maximum atomic E-state index is 10.9. The van der Waals surface area contributed by atoms with Gasteiger partial charge in [-0.1, -0.05) is 48.5 Å². The Kier molecular flexibility index (Phi) is 3.42. The van der Waals surface area contributed by atoms with Crippen molar-refractivity contribution in [2.45, 2.75) is 6.42 Å². The summed E-state index contributed by atoms with van der Waals surface area (Å²) < 4.78 is 1.88. The molecule has 98 valence electrons. The number of carbonyl (C=O) groups excluding carboxylic acids is 1. The van der Waals surface area contributed by atoms with Gasteiger partial charge in [0.05, 0.1) is 17.6 Å². The van der Waals surface area contributed by atoms with Gasteiger partial charge < -0.3 is 4.79 Å². The minimum atomic E-state index is 0.372. The van der Waals surface area contributed by atoms with Gasteiger partial charge in [-0.2, -0.15) is 5.10 Å². The van der Waals surface area contributed by atoms with Crippen LogP contribution in [0.2, 0.25) is 0 Å². The van der Waals surface area contributed by atoms with Crippen molar-refractivity contribution in [2.75, 3.05) is 0 Å². The second-order valence-corrected chi connectivity index (χ2v) is 4.50. The molecule has 0 amide bonds. The largest absolute Gasteiger partial charge is 0.303 e. The zero-order valence-electron chi connectivity index (χ0n) is 10.9. The van der Waals surface area contributed by atoms with Crippen LogP contribution in [0.1, 0.15) is 5.56 Å². The van der Waals surface area contributed by atoms with Gasteiger partial charge in [-0.25, -0.2) is 4.68 Å². The highest BCUT2D eigenvalue weighted by Gasteiger charge is 2.13. The highest BCUT2D eigenvalue weighted by molar-refractivity contribution is 5.69. The molecule has 0 saturated heterocycles. The van der Waals surface area contributed by atoms with E-state index in [4.69, 9.17) is 0 Å². The summed E-state index contributed by atoms with van der Waals surface area (Å²) in [5.74, 6) is 0. The van der Waals surface area contributed by atoms with Crippen LogP contribution in [0, 0.1) is 0 Å². The van der Waals surface area contributed by atoms with Gasteiger partial charge in [0.1, 0.15) is 6.29 Å². The summed E-state index contributed by atoms with van der Waals surface area (Å²) >= 11 is 0. The molecule has 0 saturated carbocycles. The Bertz CT molecular complexity index is 702. The van der Waals surface area contributed by atoms with Crippen molar-refractivity contribution in [1.29, 1.82) is 0 Å². The highest BCUT2D eigenvalue weighted by Crippen LogP contribution is 2.26. The molecule has 0 unspecified atom stereocenters. The molecule has 1 heterocycles. The molecule has 0 fully saturated rings. The van der Waals surface area contributed by atoms with E-state index in [0.29, 0.717) is 6.42 Å². The molecule has 3 rings (SSSR count). The number of rotatable bonds is 4. The molecule has 0 N–H and O–H groups in total. The fourth-order valence-corrected chi connectivity index (χ4v) is 2.29. The highest BCUT2D eigenvalue weighted by atomic mass is 16.1. The lowest BCUT2D eigenvalue weighted by atomic mass is 10.1. The number of carbonyl (C=O) groups is 1. The van der Waals surface area contributed by atoms with Crippen molar-refractivity contribution in [2.24, 2.45) is 0 Å². The average Bonchev–Trinajstić information content (AvgIpc) is 2.93. The number of para-hydroxylation sites is 1. The Morgan fingerprint density at radius 3 is 2.25 bits per heavy atom. The smallest absolute Gasteiger partial charge is 0.124 e. The van der Waals surface area contributed by atoms with E-state index in [9.17, 15) is 4.79 Å². The molecule has 1 aromatic heterocycles. The summed E-state index contributed by atoms with van der Waals surface area (Å²) in [6.45, 7) is 0. The summed E-state index contributed by atoms with van der Waals surface area (Å²) in [7, 11) is 0. The molecule has 3 nitrogen and oxygen atoms in total. The van der Waals surface area contributed by atoms with Gasteiger partial charge in [-0.15, -0.1) is 0 Å². The van der Waals surface area contributed by atoms with E-state index in [2.05, 4.69) is 5.10 Å². The number of hydrogen-bond donors (Lipinski definition) is 0. The van der Waals surface area contributed by atoms with Crippen LogP contribution in [-0.2, 0) is 11.2 Å². The Labute approximate surface area is 117 Å². The number of aldehydes is 1. The molecule has 0 aliphatic heterocycles. The van der Waals surface area contributed by atoms with Crippen LogP contribution in [0.5, 0.6) is 0 Å². The minimum Gasteiger partial charge on any atom is -0.303 e. The first-order valence-electron chi connectivity index (χ1n) is 6.51. The molecule has 3 aromatic rings. The van der Waals surface area contributed by atoms with Gasteiger partial charge in [-0.3, -0.25) is 0 Å². The summed E-state index contributed by atoms with van der Waals surface area (Å²) in [6.07, 6.45) is 3.06. The molecular weight excluding hydrogens is 248 g/mol. The summed E-state index contributed by atoms with van der Waals surface area (Å²) in [6, 6.07) is 20.0. The Hall–Kier alpha value is -2.68. The van der Waals surface area contributed by atoms with Crippen molar-refractivity contribution in [3.8, 4) is 16.9 Å². The number of aromatic nitrogens is 2. The van der Waals surface area contributed by atoms with E-state index in [-0.39, 0.29) is 0 Å². The topological polar surface area (TPSA) is 34.9 Å². The normalized spacial score (nSPS) is 10.4. The number of hydrogen-bond acceptors (Lipinski definition) is 2. The third kappa shape index (κ3) is 2.26. The van der Waals surface area contributed by atoms with Crippen molar-refractivity contribution < 1.29 is 4.79 Å². The van der Waals surface area contributed by atoms with E-state index >= 15 is 0 Å². The van der Waals surface area contributed by atoms with Crippen LogP contribution >= 0.6 is 0 Å². The first kappa shape index (κ1) is 12.4. The van der Waals surface area contributed by atoms with E-state index in [1.54, 1.807) is 6.20 Å². The van der Waals surface area contributed by atoms with Crippen LogP contribution in [0.4, 0.5) is 0 Å². The maximum Gasteiger partial charge on any atom is 0.124 e.